The molecule has 1 spiro atoms. The summed E-state index contributed by atoms with van der Waals surface area (Å²) in [6, 6.07) is 2.17. The van der Waals surface area contributed by atoms with Crippen LogP contribution in [-0.4, -0.2) is 18.1 Å². The second-order valence-electron chi connectivity index (χ2n) is 4.89. The van der Waals surface area contributed by atoms with Crippen LogP contribution >= 0.6 is 15.9 Å². The first-order valence-corrected chi connectivity index (χ1v) is 6.42. The van der Waals surface area contributed by atoms with Crippen LogP contribution in [0.15, 0.2) is 22.9 Å². The smallest absolute Gasteiger partial charge is 0.0564 e. The first kappa shape index (κ1) is 9.64. The van der Waals surface area contributed by atoms with Gasteiger partial charge >= 0.3 is 0 Å². The minimum Gasteiger partial charge on any atom is -0.370 e. The van der Waals surface area contributed by atoms with E-state index in [2.05, 4.69) is 31.9 Å². The van der Waals surface area contributed by atoms with Crippen LogP contribution in [-0.2, 0) is 0 Å². The van der Waals surface area contributed by atoms with Crippen molar-refractivity contribution in [2.24, 2.45) is 5.41 Å². The van der Waals surface area contributed by atoms with E-state index in [1.807, 2.05) is 12.4 Å². The summed E-state index contributed by atoms with van der Waals surface area (Å²) in [4.78, 5) is 6.73. The second-order valence-corrected chi connectivity index (χ2v) is 5.80. The van der Waals surface area contributed by atoms with Crippen molar-refractivity contribution in [2.45, 2.75) is 25.7 Å². The monoisotopic (exact) mass is 266 g/mol. The van der Waals surface area contributed by atoms with Crippen molar-refractivity contribution in [1.82, 2.24) is 4.98 Å². The molecule has 15 heavy (non-hydrogen) atoms. The van der Waals surface area contributed by atoms with Crippen LogP contribution in [0.3, 0.4) is 0 Å². The molecule has 1 saturated heterocycles. The normalized spacial score (nSPS) is 23.1. The van der Waals surface area contributed by atoms with Gasteiger partial charge in [0.2, 0.25) is 0 Å². The molecular formula is C12H15BrN2. The third-order valence-corrected chi connectivity index (χ3v) is 4.11. The molecule has 0 radical (unpaired) electrons. The molecule has 3 heteroatoms. The van der Waals surface area contributed by atoms with E-state index in [4.69, 9.17) is 0 Å². The zero-order chi connectivity index (χ0) is 10.3. The summed E-state index contributed by atoms with van der Waals surface area (Å²) >= 11 is 3.48. The highest BCUT2D eigenvalue weighted by Crippen LogP contribution is 2.52. The fourth-order valence-electron chi connectivity index (χ4n) is 2.59. The molecule has 1 aliphatic heterocycles. The molecule has 0 N–H and O–H groups in total. The predicted molar refractivity (Wildman–Crippen MR) is 65.1 cm³/mol. The Hall–Kier alpha value is -0.570. The van der Waals surface area contributed by atoms with E-state index in [0.717, 1.165) is 4.47 Å². The van der Waals surface area contributed by atoms with Crippen molar-refractivity contribution in [1.29, 1.82) is 0 Å². The summed E-state index contributed by atoms with van der Waals surface area (Å²) in [7, 11) is 0. The van der Waals surface area contributed by atoms with Gasteiger partial charge in [0.05, 0.1) is 11.9 Å². The van der Waals surface area contributed by atoms with E-state index in [1.54, 1.807) is 0 Å². The third-order valence-electron chi connectivity index (χ3n) is 3.67. The van der Waals surface area contributed by atoms with Gasteiger partial charge in [-0.05, 0) is 53.1 Å². The van der Waals surface area contributed by atoms with Gasteiger partial charge in [-0.2, -0.15) is 0 Å². The highest BCUT2D eigenvalue weighted by Gasteiger charge is 2.45. The Morgan fingerprint density at radius 2 is 2.13 bits per heavy atom. The highest BCUT2D eigenvalue weighted by molar-refractivity contribution is 9.10. The molecule has 1 aromatic rings. The lowest BCUT2D eigenvalue weighted by Gasteiger charge is -2.34. The van der Waals surface area contributed by atoms with Crippen molar-refractivity contribution >= 4 is 21.6 Å². The number of hydrogen-bond donors (Lipinski definition) is 0. The van der Waals surface area contributed by atoms with E-state index >= 15 is 0 Å². The maximum Gasteiger partial charge on any atom is 0.0564 e. The average molecular weight is 267 g/mol. The van der Waals surface area contributed by atoms with E-state index in [1.165, 1.54) is 44.5 Å². The molecule has 2 fully saturated rings. The molecule has 1 aromatic heterocycles. The van der Waals surface area contributed by atoms with Crippen molar-refractivity contribution in [3.8, 4) is 0 Å². The minimum absolute atomic E-state index is 0.681. The number of anilines is 1. The van der Waals surface area contributed by atoms with Crippen molar-refractivity contribution in [2.75, 3.05) is 18.0 Å². The predicted octanol–water partition coefficient (Wildman–Crippen LogP) is 3.22. The zero-order valence-electron chi connectivity index (χ0n) is 8.75. The van der Waals surface area contributed by atoms with Crippen LogP contribution in [0.25, 0.3) is 0 Å². The zero-order valence-corrected chi connectivity index (χ0v) is 10.3. The molecule has 2 aliphatic rings. The maximum atomic E-state index is 4.24. The first-order chi connectivity index (χ1) is 7.27. The van der Waals surface area contributed by atoms with Gasteiger partial charge in [0.25, 0.3) is 0 Å². The third kappa shape index (κ3) is 1.89. The Labute approximate surface area is 98.8 Å². The van der Waals surface area contributed by atoms with Crippen LogP contribution in [0.2, 0.25) is 0 Å². The van der Waals surface area contributed by atoms with Crippen LogP contribution in [0.5, 0.6) is 0 Å². The topological polar surface area (TPSA) is 16.1 Å². The van der Waals surface area contributed by atoms with Gasteiger partial charge in [0, 0.05) is 23.8 Å². The molecular weight excluding hydrogens is 252 g/mol. The lowest BCUT2D eigenvalue weighted by molar-refractivity contribution is 0.395. The number of halogens is 1. The maximum absolute atomic E-state index is 4.24. The average Bonchev–Trinajstić information content (AvgIpc) is 2.98. The van der Waals surface area contributed by atoms with Gasteiger partial charge < -0.3 is 4.90 Å². The molecule has 2 heterocycles. The fraction of sp³-hybridized carbons (Fsp3) is 0.583. The van der Waals surface area contributed by atoms with Crippen LogP contribution < -0.4 is 4.90 Å². The lowest BCUT2D eigenvalue weighted by Crippen LogP contribution is -2.36. The van der Waals surface area contributed by atoms with Gasteiger partial charge in [-0.3, -0.25) is 4.98 Å². The molecule has 0 atom stereocenters. The summed E-state index contributed by atoms with van der Waals surface area (Å²) in [5, 5.41) is 0. The van der Waals surface area contributed by atoms with E-state index in [-0.39, 0.29) is 0 Å². The number of aromatic nitrogens is 1. The SMILES string of the molecule is Brc1cncc(N2CCCC3(CC3)C2)c1. The Balaban J connectivity index is 1.81. The van der Waals surface area contributed by atoms with Gasteiger partial charge in [-0.1, -0.05) is 0 Å². The highest BCUT2D eigenvalue weighted by atomic mass is 79.9. The summed E-state index contributed by atoms with van der Waals surface area (Å²) < 4.78 is 1.08. The Kier molecular flexibility index (Phi) is 2.23. The second kappa shape index (κ2) is 3.48. The standard InChI is InChI=1S/C12H15BrN2/c13-10-6-11(8-14-7-10)15-5-1-2-12(9-15)3-4-12/h6-8H,1-5,9H2. The fourth-order valence-corrected chi connectivity index (χ4v) is 2.94. The van der Waals surface area contributed by atoms with Gasteiger partial charge in [-0.15, -0.1) is 0 Å². The van der Waals surface area contributed by atoms with Crippen molar-refractivity contribution in [3.05, 3.63) is 22.9 Å². The van der Waals surface area contributed by atoms with Crippen LogP contribution in [0, 0.1) is 5.41 Å². The molecule has 2 nitrogen and oxygen atoms in total. The molecule has 0 aromatic carbocycles. The molecule has 1 aliphatic carbocycles. The van der Waals surface area contributed by atoms with Crippen LogP contribution in [0.1, 0.15) is 25.7 Å². The molecule has 0 unspecified atom stereocenters. The Morgan fingerprint density at radius 1 is 1.27 bits per heavy atom. The lowest BCUT2D eigenvalue weighted by atomic mass is 9.95. The number of pyridine rings is 1. The minimum atomic E-state index is 0.681. The van der Waals surface area contributed by atoms with Crippen LogP contribution in [0.4, 0.5) is 5.69 Å². The number of nitrogens with zero attached hydrogens (tertiary/aromatic N) is 2. The summed E-state index contributed by atoms with van der Waals surface area (Å²) in [6.45, 7) is 2.44. The van der Waals surface area contributed by atoms with Gasteiger partial charge in [0.15, 0.2) is 0 Å². The molecule has 1 saturated carbocycles. The summed E-state index contributed by atoms with van der Waals surface area (Å²) in [5.41, 5.74) is 1.95. The molecule has 0 bridgehead atoms. The van der Waals surface area contributed by atoms with Gasteiger partial charge in [-0.25, -0.2) is 0 Å². The largest absolute Gasteiger partial charge is 0.370 e. The molecule has 80 valence electrons. The Bertz CT molecular complexity index is 374. The van der Waals surface area contributed by atoms with E-state index in [9.17, 15) is 0 Å². The van der Waals surface area contributed by atoms with Crippen molar-refractivity contribution in [3.63, 3.8) is 0 Å². The summed E-state index contributed by atoms with van der Waals surface area (Å²) in [5.74, 6) is 0. The van der Waals surface area contributed by atoms with E-state index < -0.39 is 0 Å². The Morgan fingerprint density at radius 3 is 2.87 bits per heavy atom. The number of piperidine rings is 1. The summed E-state index contributed by atoms with van der Waals surface area (Å²) in [6.07, 6.45) is 9.47. The quantitative estimate of drug-likeness (QED) is 0.776. The van der Waals surface area contributed by atoms with Gasteiger partial charge in [0.1, 0.15) is 0 Å². The van der Waals surface area contributed by atoms with E-state index in [0.29, 0.717) is 5.41 Å². The number of rotatable bonds is 1. The first-order valence-electron chi connectivity index (χ1n) is 5.63. The molecule has 0 amide bonds. The number of hydrogen-bond acceptors (Lipinski definition) is 2. The molecule has 3 rings (SSSR count). The van der Waals surface area contributed by atoms with Crippen molar-refractivity contribution < 1.29 is 0 Å².